The lowest BCUT2D eigenvalue weighted by Crippen LogP contribution is -2.30. The van der Waals surface area contributed by atoms with Crippen LogP contribution in [0.25, 0.3) is 0 Å². The molecule has 0 aliphatic heterocycles. The summed E-state index contributed by atoms with van der Waals surface area (Å²) in [6.07, 6.45) is -0.774. The van der Waals surface area contributed by atoms with Crippen LogP contribution in [0, 0.1) is 6.92 Å². The third-order valence-electron chi connectivity index (χ3n) is 3.35. The predicted octanol–water partition coefficient (Wildman–Crippen LogP) is 4.01. The minimum absolute atomic E-state index is 0.141. The Bertz CT molecular complexity index is 720. The first-order valence-corrected chi connectivity index (χ1v) is 7.56. The number of carbonyl (C=O) groups is 1. The Morgan fingerprint density at radius 2 is 1.72 bits per heavy atom. The number of anilines is 1. The maximum absolute atomic E-state index is 12.4. The van der Waals surface area contributed by atoms with Crippen molar-refractivity contribution in [3.05, 3.63) is 48.0 Å². The molecule has 5 nitrogen and oxygen atoms in total. The molecule has 134 valence electrons. The number of benzene rings is 2. The van der Waals surface area contributed by atoms with Crippen LogP contribution >= 0.6 is 0 Å². The number of carbonyl (C=O) groups excluding carboxylic acids is 1. The van der Waals surface area contributed by atoms with Crippen molar-refractivity contribution in [2.24, 2.45) is 0 Å². The highest BCUT2D eigenvalue weighted by Crippen LogP contribution is 2.31. The van der Waals surface area contributed by atoms with Crippen LogP contribution in [0.3, 0.4) is 0 Å². The lowest BCUT2D eigenvalue weighted by molar-refractivity contribution is -0.122. The molecule has 2 rings (SSSR count). The third kappa shape index (κ3) is 5.34. The van der Waals surface area contributed by atoms with Crippen molar-refractivity contribution in [1.82, 2.24) is 0 Å². The van der Waals surface area contributed by atoms with Crippen molar-refractivity contribution in [2.75, 3.05) is 12.4 Å². The van der Waals surface area contributed by atoms with Gasteiger partial charge in [-0.25, -0.2) is 0 Å². The Kier molecular flexibility index (Phi) is 6.16. The number of methoxy groups -OCH3 is 1. The van der Waals surface area contributed by atoms with Crippen LogP contribution in [0.2, 0.25) is 0 Å². The maximum atomic E-state index is 12.4. The molecule has 0 spiro atoms. The van der Waals surface area contributed by atoms with Crippen molar-refractivity contribution in [1.29, 1.82) is 0 Å². The number of hydrogen-bond donors (Lipinski definition) is 1. The second-order valence-electron chi connectivity index (χ2n) is 5.31. The smallest absolute Gasteiger partial charge is 0.387 e. The molecule has 0 aliphatic carbocycles. The van der Waals surface area contributed by atoms with E-state index in [0.717, 1.165) is 5.56 Å². The number of hydrogen-bond acceptors (Lipinski definition) is 4. The molecule has 0 bridgehead atoms. The molecule has 0 fully saturated rings. The van der Waals surface area contributed by atoms with Crippen molar-refractivity contribution in [3.8, 4) is 17.2 Å². The van der Waals surface area contributed by atoms with Crippen molar-refractivity contribution >= 4 is 11.6 Å². The Labute approximate surface area is 144 Å². The van der Waals surface area contributed by atoms with Gasteiger partial charge >= 0.3 is 6.61 Å². The highest BCUT2D eigenvalue weighted by molar-refractivity contribution is 5.94. The van der Waals surface area contributed by atoms with Crippen molar-refractivity contribution in [2.45, 2.75) is 26.6 Å². The Morgan fingerprint density at radius 1 is 1.04 bits per heavy atom. The van der Waals surface area contributed by atoms with Crippen LogP contribution in [-0.4, -0.2) is 25.7 Å². The largest absolute Gasteiger partial charge is 0.493 e. The predicted molar refractivity (Wildman–Crippen MR) is 89.5 cm³/mol. The number of ether oxygens (including phenoxy) is 3. The second-order valence-corrected chi connectivity index (χ2v) is 5.31. The average Bonchev–Trinajstić information content (AvgIpc) is 2.56. The van der Waals surface area contributed by atoms with E-state index in [-0.39, 0.29) is 11.5 Å². The van der Waals surface area contributed by atoms with E-state index in [1.165, 1.54) is 25.3 Å². The number of alkyl halides is 2. The van der Waals surface area contributed by atoms with E-state index in [9.17, 15) is 13.6 Å². The Hall–Kier alpha value is -2.83. The molecule has 1 atom stereocenters. The van der Waals surface area contributed by atoms with Gasteiger partial charge in [0.05, 0.1) is 7.11 Å². The molecule has 0 saturated carbocycles. The maximum Gasteiger partial charge on any atom is 0.387 e. The number of amides is 1. The van der Waals surface area contributed by atoms with Gasteiger partial charge in [-0.1, -0.05) is 17.7 Å². The van der Waals surface area contributed by atoms with Gasteiger partial charge in [0.2, 0.25) is 0 Å². The third-order valence-corrected chi connectivity index (χ3v) is 3.35. The van der Waals surface area contributed by atoms with E-state index in [1.807, 2.05) is 19.1 Å². The lowest BCUT2D eigenvalue weighted by atomic mass is 10.2. The molecule has 25 heavy (non-hydrogen) atoms. The number of nitrogens with one attached hydrogen (secondary N) is 1. The van der Waals surface area contributed by atoms with Gasteiger partial charge in [0, 0.05) is 11.8 Å². The molecule has 7 heteroatoms. The van der Waals surface area contributed by atoms with E-state index in [4.69, 9.17) is 9.47 Å². The molecule has 0 unspecified atom stereocenters. The fourth-order valence-electron chi connectivity index (χ4n) is 2.06. The Balaban J connectivity index is 2.04. The molecule has 0 aromatic heterocycles. The van der Waals surface area contributed by atoms with Crippen LogP contribution in [0.4, 0.5) is 14.5 Å². The van der Waals surface area contributed by atoms with E-state index in [2.05, 4.69) is 10.1 Å². The summed E-state index contributed by atoms with van der Waals surface area (Å²) in [7, 11) is 1.34. The summed E-state index contributed by atoms with van der Waals surface area (Å²) in [5.41, 5.74) is 1.37. The summed E-state index contributed by atoms with van der Waals surface area (Å²) in [6, 6.07) is 11.5. The van der Waals surface area contributed by atoms with Crippen LogP contribution in [0.5, 0.6) is 17.2 Å². The zero-order valence-corrected chi connectivity index (χ0v) is 14.1. The Morgan fingerprint density at radius 3 is 2.32 bits per heavy atom. The fourth-order valence-corrected chi connectivity index (χ4v) is 2.06. The first-order chi connectivity index (χ1) is 11.9. The molecule has 1 amide bonds. The highest BCUT2D eigenvalue weighted by atomic mass is 19.3. The fraction of sp³-hybridized carbons (Fsp3) is 0.278. The second kappa shape index (κ2) is 8.32. The van der Waals surface area contributed by atoms with E-state index in [1.54, 1.807) is 19.1 Å². The summed E-state index contributed by atoms with van der Waals surface area (Å²) in [5.74, 6) is 0.114. The standard InChI is InChI=1S/C18H19F2NO4/c1-11-4-7-14(8-5-11)24-12(2)17(22)21-13-6-9-15(23-3)16(10-13)25-18(19)20/h4-10,12,18H,1-3H3,(H,21,22)/t12-/m1/s1. The first-order valence-electron chi connectivity index (χ1n) is 7.56. The van der Waals surface area contributed by atoms with Gasteiger partial charge in [-0.15, -0.1) is 0 Å². The van der Waals surface area contributed by atoms with Gasteiger partial charge < -0.3 is 19.5 Å². The quantitative estimate of drug-likeness (QED) is 0.819. The van der Waals surface area contributed by atoms with Crippen LogP contribution < -0.4 is 19.5 Å². The summed E-state index contributed by atoms with van der Waals surface area (Å²) < 4.78 is 39.8. The summed E-state index contributed by atoms with van der Waals surface area (Å²) in [4.78, 5) is 12.2. The number of halogens is 2. The van der Waals surface area contributed by atoms with Crippen molar-refractivity contribution in [3.63, 3.8) is 0 Å². The van der Waals surface area contributed by atoms with Crippen LogP contribution in [0.15, 0.2) is 42.5 Å². The molecule has 0 heterocycles. The van der Waals surface area contributed by atoms with Gasteiger partial charge in [0.25, 0.3) is 5.91 Å². The van der Waals surface area contributed by atoms with Gasteiger partial charge in [-0.3, -0.25) is 4.79 Å². The number of rotatable bonds is 7. The normalized spacial score (nSPS) is 11.8. The minimum Gasteiger partial charge on any atom is -0.493 e. The van der Waals surface area contributed by atoms with Crippen LogP contribution in [0.1, 0.15) is 12.5 Å². The summed E-state index contributed by atoms with van der Waals surface area (Å²) >= 11 is 0. The summed E-state index contributed by atoms with van der Waals surface area (Å²) in [5, 5.41) is 2.59. The van der Waals surface area contributed by atoms with Gasteiger partial charge in [0.15, 0.2) is 17.6 Å². The molecular weight excluding hydrogens is 332 g/mol. The molecular formula is C18H19F2NO4. The molecule has 2 aromatic carbocycles. The summed E-state index contributed by atoms with van der Waals surface area (Å²) in [6.45, 7) is 0.543. The van der Waals surface area contributed by atoms with Gasteiger partial charge in [-0.2, -0.15) is 8.78 Å². The van der Waals surface area contributed by atoms with E-state index in [0.29, 0.717) is 11.4 Å². The zero-order valence-electron chi connectivity index (χ0n) is 14.1. The van der Waals surface area contributed by atoms with E-state index >= 15 is 0 Å². The topological polar surface area (TPSA) is 56.8 Å². The zero-order chi connectivity index (χ0) is 18.4. The highest BCUT2D eigenvalue weighted by Gasteiger charge is 2.17. The lowest BCUT2D eigenvalue weighted by Gasteiger charge is -2.16. The molecule has 0 radical (unpaired) electrons. The SMILES string of the molecule is COc1ccc(NC(=O)[C@@H](C)Oc2ccc(C)cc2)cc1OC(F)F. The van der Waals surface area contributed by atoms with E-state index < -0.39 is 18.6 Å². The van der Waals surface area contributed by atoms with Gasteiger partial charge in [0.1, 0.15) is 5.75 Å². The monoisotopic (exact) mass is 351 g/mol. The number of aryl methyl sites for hydroxylation is 1. The van der Waals surface area contributed by atoms with Crippen molar-refractivity contribution < 1.29 is 27.8 Å². The first kappa shape index (κ1) is 18.5. The molecule has 2 aromatic rings. The molecule has 0 aliphatic rings. The van der Waals surface area contributed by atoms with Gasteiger partial charge in [-0.05, 0) is 38.1 Å². The minimum atomic E-state index is -3.00. The molecule has 1 N–H and O–H groups in total. The van der Waals surface area contributed by atoms with Crippen LogP contribution in [-0.2, 0) is 4.79 Å². The molecule has 0 saturated heterocycles. The average molecular weight is 351 g/mol.